The molecule has 0 aromatic heterocycles. The fourth-order valence-electron chi connectivity index (χ4n) is 1.55. The summed E-state index contributed by atoms with van der Waals surface area (Å²) >= 11 is 0. The van der Waals surface area contributed by atoms with Gasteiger partial charge in [0.15, 0.2) is 0 Å². The molecule has 5 nitrogen and oxygen atoms in total. The van der Waals surface area contributed by atoms with Crippen molar-refractivity contribution >= 4 is 5.97 Å². The molecule has 0 radical (unpaired) electrons. The fourth-order valence-corrected chi connectivity index (χ4v) is 1.55. The van der Waals surface area contributed by atoms with Crippen LogP contribution in [0.15, 0.2) is 0 Å². The molecular weight excluding hydrogens is 218 g/mol. The molecule has 0 aromatic rings. The second kappa shape index (κ2) is 10.5. The van der Waals surface area contributed by atoms with Gasteiger partial charge >= 0.3 is 5.97 Å². The second-order valence-corrected chi connectivity index (χ2v) is 4.09. The number of nitrogens with zero attached hydrogens (tertiary/aromatic N) is 1. The molecule has 0 saturated carbocycles. The first-order valence-electron chi connectivity index (χ1n) is 6.50. The highest BCUT2D eigenvalue weighted by Crippen LogP contribution is 2.00. The lowest BCUT2D eigenvalue weighted by atomic mass is 10.1. The van der Waals surface area contributed by atoms with Crippen LogP contribution in [0.4, 0.5) is 0 Å². The molecule has 1 atom stereocenters. The molecule has 0 saturated heterocycles. The van der Waals surface area contributed by atoms with Gasteiger partial charge in [0.25, 0.3) is 0 Å². The Hall–Kier alpha value is -0.650. The van der Waals surface area contributed by atoms with E-state index in [1.807, 2.05) is 0 Å². The van der Waals surface area contributed by atoms with E-state index < -0.39 is 6.04 Å². The number of nitrogens with two attached hydrogens (primary N) is 2. The average molecular weight is 245 g/mol. The topological polar surface area (TPSA) is 81.6 Å². The van der Waals surface area contributed by atoms with E-state index in [4.69, 9.17) is 16.2 Å². The Bertz CT molecular complexity index is 196. The number of likely N-dealkylation sites (N-methyl/N-ethyl adjacent to an activating group) is 1. The van der Waals surface area contributed by atoms with Gasteiger partial charge in [-0.1, -0.05) is 20.3 Å². The number of ether oxygens (including phenoxy) is 1. The predicted molar refractivity (Wildman–Crippen MR) is 69.6 cm³/mol. The van der Waals surface area contributed by atoms with E-state index in [0.717, 1.165) is 32.5 Å². The smallest absolute Gasteiger partial charge is 0.322 e. The molecule has 5 heteroatoms. The third kappa shape index (κ3) is 8.12. The van der Waals surface area contributed by atoms with Crippen LogP contribution >= 0.6 is 0 Å². The lowest BCUT2D eigenvalue weighted by Gasteiger charge is -2.18. The molecule has 0 fully saturated rings. The molecular formula is C12H27N3O2. The van der Waals surface area contributed by atoms with E-state index in [2.05, 4.69) is 18.7 Å². The van der Waals surface area contributed by atoms with Crippen LogP contribution in [0.5, 0.6) is 0 Å². The summed E-state index contributed by atoms with van der Waals surface area (Å²) in [5, 5.41) is 0. The first-order valence-corrected chi connectivity index (χ1v) is 6.50. The quantitative estimate of drug-likeness (QED) is 0.428. The maximum atomic E-state index is 11.5. The Labute approximate surface area is 104 Å². The van der Waals surface area contributed by atoms with Crippen molar-refractivity contribution in [2.24, 2.45) is 11.5 Å². The van der Waals surface area contributed by atoms with E-state index in [1.54, 1.807) is 0 Å². The Kier molecular flexibility index (Phi) is 10.1. The van der Waals surface area contributed by atoms with Gasteiger partial charge in [0, 0.05) is 6.54 Å². The highest BCUT2D eigenvalue weighted by molar-refractivity contribution is 5.75. The summed E-state index contributed by atoms with van der Waals surface area (Å²) in [4.78, 5) is 13.7. The van der Waals surface area contributed by atoms with Crippen molar-refractivity contribution in [2.45, 2.75) is 39.2 Å². The molecule has 0 rings (SSSR count). The van der Waals surface area contributed by atoms with Gasteiger partial charge in [-0.25, -0.2) is 0 Å². The Balaban J connectivity index is 3.63. The van der Waals surface area contributed by atoms with Gasteiger partial charge < -0.3 is 21.1 Å². The van der Waals surface area contributed by atoms with E-state index in [1.165, 1.54) is 0 Å². The minimum Gasteiger partial charge on any atom is -0.463 e. The van der Waals surface area contributed by atoms with E-state index >= 15 is 0 Å². The van der Waals surface area contributed by atoms with Gasteiger partial charge in [-0.15, -0.1) is 0 Å². The van der Waals surface area contributed by atoms with Gasteiger partial charge in [-0.2, -0.15) is 0 Å². The summed E-state index contributed by atoms with van der Waals surface area (Å²) in [7, 11) is 0. The molecule has 0 spiro atoms. The van der Waals surface area contributed by atoms with Crippen LogP contribution < -0.4 is 11.5 Å². The molecule has 0 bridgehead atoms. The largest absolute Gasteiger partial charge is 0.463 e. The molecule has 0 amide bonds. The molecule has 0 aromatic carbocycles. The van der Waals surface area contributed by atoms with Crippen LogP contribution in [0.25, 0.3) is 0 Å². The maximum Gasteiger partial charge on any atom is 0.322 e. The molecule has 0 aliphatic carbocycles. The first-order chi connectivity index (χ1) is 8.15. The van der Waals surface area contributed by atoms with E-state index in [0.29, 0.717) is 19.6 Å². The third-order valence-corrected chi connectivity index (χ3v) is 2.82. The predicted octanol–water partition coefficient (Wildman–Crippen LogP) is 0.328. The number of rotatable bonds is 10. The first kappa shape index (κ1) is 16.4. The number of hydrogen-bond donors (Lipinski definition) is 2. The summed E-state index contributed by atoms with van der Waals surface area (Å²) < 4.78 is 5.13. The molecule has 0 aliphatic heterocycles. The Morgan fingerprint density at radius 3 is 2.47 bits per heavy atom. The summed E-state index contributed by atoms with van der Waals surface area (Å²) in [5.74, 6) is -0.297. The summed E-state index contributed by atoms with van der Waals surface area (Å²) in [6.45, 7) is 7.95. The van der Waals surface area contributed by atoms with Crippen LogP contribution in [0.1, 0.15) is 33.1 Å². The number of hydrogen-bond acceptors (Lipinski definition) is 5. The average Bonchev–Trinajstić information content (AvgIpc) is 2.34. The van der Waals surface area contributed by atoms with E-state index in [-0.39, 0.29) is 5.97 Å². The lowest BCUT2D eigenvalue weighted by molar-refractivity contribution is -0.145. The van der Waals surface area contributed by atoms with Crippen LogP contribution in [0.3, 0.4) is 0 Å². The minimum absolute atomic E-state index is 0.297. The van der Waals surface area contributed by atoms with Crippen LogP contribution in [-0.2, 0) is 9.53 Å². The number of carbonyl (C=O) groups is 1. The van der Waals surface area contributed by atoms with E-state index in [9.17, 15) is 4.79 Å². The van der Waals surface area contributed by atoms with Crippen LogP contribution in [0, 0.1) is 0 Å². The van der Waals surface area contributed by atoms with Crippen LogP contribution in [0.2, 0.25) is 0 Å². The maximum absolute atomic E-state index is 11.5. The highest BCUT2D eigenvalue weighted by Gasteiger charge is 2.14. The molecule has 17 heavy (non-hydrogen) atoms. The van der Waals surface area contributed by atoms with Crippen molar-refractivity contribution < 1.29 is 9.53 Å². The zero-order chi connectivity index (χ0) is 13.1. The molecule has 102 valence electrons. The van der Waals surface area contributed by atoms with Gasteiger partial charge in [0.05, 0.1) is 0 Å². The van der Waals surface area contributed by atoms with Crippen molar-refractivity contribution in [1.82, 2.24) is 4.90 Å². The summed E-state index contributed by atoms with van der Waals surface area (Å²) in [6.07, 6.45) is 2.44. The third-order valence-electron chi connectivity index (χ3n) is 2.82. The second-order valence-electron chi connectivity index (χ2n) is 4.09. The zero-order valence-corrected chi connectivity index (χ0v) is 11.2. The lowest BCUT2D eigenvalue weighted by Crippen LogP contribution is -2.35. The van der Waals surface area contributed by atoms with Crippen molar-refractivity contribution in [3.8, 4) is 0 Å². The van der Waals surface area contributed by atoms with Crippen LogP contribution in [-0.4, -0.2) is 49.7 Å². The van der Waals surface area contributed by atoms with Crippen molar-refractivity contribution in [1.29, 1.82) is 0 Å². The fraction of sp³-hybridized carbons (Fsp3) is 0.917. The molecule has 0 heterocycles. The monoisotopic (exact) mass is 245 g/mol. The summed E-state index contributed by atoms with van der Waals surface area (Å²) in [5.41, 5.74) is 11.1. The van der Waals surface area contributed by atoms with Gasteiger partial charge in [-0.05, 0) is 32.5 Å². The minimum atomic E-state index is -0.502. The van der Waals surface area contributed by atoms with Gasteiger partial charge in [0.1, 0.15) is 12.6 Å². The zero-order valence-electron chi connectivity index (χ0n) is 11.2. The standard InChI is InChI=1S/C12H27N3O2/c1-3-15(4-2)9-10-17-12(16)11(14)7-5-6-8-13/h11H,3-10,13-14H2,1-2H3/t11-/m0/s1. The van der Waals surface area contributed by atoms with Gasteiger partial charge in [-0.3, -0.25) is 4.79 Å². The Morgan fingerprint density at radius 2 is 1.94 bits per heavy atom. The Morgan fingerprint density at radius 1 is 1.29 bits per heavy atom. The molecule has 4 N–H and O–H groups in total. The SMILES string of the molecule is CCN(CC)CCOC(=O)[C@@H](N)CCCCN. The van der Waals surface area contributed by atoms with Gasteiger partial charge in [0.2, 0.25) is 0 Å². The highest BCUT2D eigenvalue weighted by atomic mass is 16.5. The number of unbranched alkanes of at least 4 members (excludes halogenated alkanes) is 1. The number of carbonyl (C=O) groups excluding carboxylic acids is 1. The van der Waals surface area contributed by atoms with Crippen molar-refractivity contribution in [3.63, 3.8) is 0 Å². The summed E-state index contributed by atoms with van der Waals surface area (Å²) in [6, 6.07) is -0.502. The molecule has 0 unspecified atom stereocenters. The molecule has 0 aliphatic rings. The number of esters is 1. The van der Waals surface area contributed by atoms with Crippen molar-refractivity contribution in [2.75, 3.05) is 32.8 Å². The normalized spacial score (nSPS) is 12.8. The van der Waals surface area contributed by atoms with Crippen molar-refractivity contribution in [3.05, 3.63) is 0 Å².